The largest absolute Gasteiger partial charge is 0.315 e. The summed E-state index contributed by atoms with van der Waals surface area (Å²) in [6.45, 7) is 3.83. The van der Waals surface area contributed by atoms with E-state index >= 15 is 0 Å². The summed E-state index contributed by atoms with van der Waals surface area (Å²) in [5, 5.41) is 0. The van der Waals surface area contributed by atoms with Gasteiger partial charge in [0.2, 0.25) is 0 Å². The number of aromatic nitrogens is 1. The highest BCUT2D eigenvalue weighted by molar-refractivity contribution is 6.21. The molecule has 1 fully saturated rings. The number of carbonyl (C=O) groups excluding carboxylic acids is 2. The van der Waals surface area contributed by atoms with Crippen molar-refractivity contribution in [1.29, 1.82) is 0 Å². The van der Waals surface area contributed by atoms with Gasteiger partial charge in [0.1, 0.15) is 5.56 Å². The number of nitrogens with zero attached hydrogens (tertiary/aromatic N) is 3. The second kappa shape index (κ2) is 4.56. The maximum atomic E-state index is 12.3. The molecule has 0 unspecified atom stereocenters. The third-order valence-corrected chi connectivity index (χ3v) is 4.14. The summed E-state index contributed by atoms with van der Waals surface area (Å²) in [7, 11) is 1.61. The lowest BCUT2D eigenvalue weighted by Crippen LogP contribution is -2.40. The summed E-state index contributed by atoms with van der Waals surface area (Å²) in [4.78, 5) is 40.1. The third kappa shape index (κ3) is 1.79. The van der Waals surface area contributed by atoms with Crippen molar-refractivity contribution in [1.82, 2.24) is 14.4 Å². The van der Waals surface area contributed by atoms with Gasteiger partial charge in [-0.1, -0.05) is 0 Å². The van der Waals surface area contributed by atoms with Crippen molar-refractivity contribution < 1.29 is 9.59 Å². The molecule has 0 aliphatic carbocycles. The number of fused-ring (bicyclic) bond motifs is 1. The Morgan fingerprint density at radius 1 is 1.10 bits per heavy atom. The Kier molecular flexibility index (Phi) is 2.97. The van der Waals surface area contributed by atoms with Crippen LogP contribution >= 0.6 is 0 Å². The van der Waals surface area contributed by atoms with Gasteiger partial charge in [-0.25, -0.2) is 0 Å². The molecule has 0 N–H and O–H groups in total. The number of imide groups is 1. The molecule has 1 saturated heterocycles. The molecule has 20 heavy (non-hydrogen) atoms. The smallest absolute Gasteiger partial charge is 0.268 e. The monoisotopic (exact) mass is 275 g/mol. The maximum absolute atomic E-state index is 12.3. The van der Waals surface area contributed by atoms with Gasteiger partial charge in [0, 0.05) is 12.7 Å². The number of aryl methyl sites for hydroxylation is 1. The van der Waals surface area contributed by atoms with Crippen molar-refractivity contribution in [3.63, 3.8) is 0 Å². The van der Waals surface area contributed by atoms with Crippen LogP contribution in [0.4, 0.5) is 0 Å². The Morgan fingerprint density at radius 2 is 1.75 bits per heavy atom. The lowest BCUT2D eigenvalue weighted by atomic mass is 10.1. The highest BCUT2D eigenvalue weighted by Gasteiger charge is 2.39. The quantitative estimate of drug-likeness (QED) is 0.730. The van der Waals surface area contributed by atoms with Gasteiger partial charge in [-0.2, -0.15) is 0 Å². The number of rotatable bonds is 2. The van der Waals surface area contributed by atoms with Crippen LogP contribution in [0.2, 0.25) is 0 Å². The van der Waals surface area contributed by atoms with Crippen LogP contribution in [-0.2, 0) is 7.05 Å². The molecule has 0 spiro atoms. The third-order valence-electron chi connectivity index (χ3n) is 4.14. The fourth-order valence-corrected chi connectivity index (χ4v) is 2.82. The first kappa shape index (κ1) is 13.1. The Balaban J connectivity index is 1.99. The van der Waals surface area contributed by atoms with Gasteiger partial charge in [0.25, 0.3) is 17.4 Å². The van der Waals surface area contributed by atoms with Gasteiger partial charge < -0.3 is 4.57 Å². The van der Waals surface area contributed by atoms with Gasteiger partial charge in [0.05, 0.1) is 12.2 Å². The van der Waals surface area contributed by atoms with E-state index in [1.807, 2.05) is 0 Å². The first-order valence-electron chi connectivity index (χ1n) is 6.80. The molecule has 0 radical (unpaired) electrons. The zero-order chi connectivity index (χ0) is 14.4. The second-order valence-corrected chi connectivity index (χ2v) is 5.44. The van der Waals surface area contributed by atoms with E-state index in [9.17, 15) is 14.4 Å². The van der Waals surface area contributed by atoms with Gasteiger partial charge in [-0.15, -0.1) is 0 Å². The van der Waals surface area contributed by atoms with Crippen molar-refractivity contribution in [2.75, 3.05) is 19.8 Å². The molecule has 3 rings (SSSR count). The average molecular weight is 275 g/mol. The van der Waals surface area contributed by atoms with Crippen molar-refractivity contribution in [3.8, 4) is 0 Å². The van der Waals surface area contributed by atoms with Crippen LogP contribution in [-0.4, -0.2) is 45.9 Å². The zero-order valence-electron chi connectivity index (χ0n) is 11.7. The molecule has 2 aliphatic heterocycles. The van der Waals surface area contributed by atoms with E-state index in [4.69, 9.17) is 0 Å². The van der Waals surface area contributed by atoms with E-state index in [1.54, 1.807) is 20.0 Å². The average Bonchev–Trinajstić information content (AvgIpc) is 3.00. The molecular formula is C14H17N3O3. The molecule has 6 heteroatoms. The number of hydrogen-bond donors (Lipinski definition) is 0. The lowest BCUT2D eigenvalue weighted by molar-refractivity contribution is 0.0563. The summed E-state index contributed by atoms with van der Waals surface area (Å²) in [6, 6.07) is 1.63. The number of hydrogen-bond acceptors (Lipinski definition) is 4. The molecule has 1 aromatic heterocycles. The standard InChI is InChI=1S/C14H17N3O3/c1-9-7-10-11(13(19)15(9)2)14(20)17(12(10)18)8-16-5-3-4-6-16/h7H,3-6,8H2,1-2H3. The molecule has 0 saturated carbocycles. The van der Waals surface area contributed by atoms with E-state index in [2.05, 4.69) is 4.90 Å². The SMILES string of the molecule is Cc1cc2c(c(=O)n1C)C(=O)N(CN1CCCC1)C2=O. The predicted octanol–water partition coefficient (Wildman–Crippen LogP) is 0.343. The topological polar surface area (TPSA) is 62.6 Å². The van der Waals surface area contributed by atoms with E-state index < -0.39 is 5.91 Å². The molecule has 0 aromatic carbocycles. The predicted molar refractivity (Wildman–Crippen MR) is 72.6 cm³/mol. The van der Waals surface area contributed by atoms with Crippen molar-refractivity contribution in [2.45, 2.75) is 19.8 Å². The minimum absolute atomic E-state index is 0.0160. The number of carbonyl (C=O) groups is 2. The fourth-order valence-electron chi connectivity index (χ4n) is 2.82. The fraction of sp³-hybridized carbons (Fsp3) is 0.500. The highest BCUT2D eigenvalue weighted by atomic mass is 16.2. The van der Waals surface area contributed by atoms with Crippen LogP contribution in [0, 0.1) is 6.92 Å². The molecule has 106 valence electrons. The van der Waals surface area contributed by atoms with E-state index in [1.165, 1.54) is 9.47 Å². The highest BCUT2D eigenvalue weighted by Crippen LogP contribution is 2.22. The Hall–Kier alpha value is -1.95. The molecule has 1 aromatic rings. The first-order valence-corrected chi connectivity index (χ1v) is 6.80. The number of amides is 2. The molecule has 3 heterocycles. The van der Waals surface area contributed by atoms with Gasteiger partial charge in [-0.3, -0.25) is 24.2 Å². The number of likely N-dealkylation sites (tertiary alicyclic amines) is 1. The minimum Gasteiger partial charge on any atom is -0.315 e. The van der Waals surface area contributed by atoms with E-state index in [-0.39, 0.29) is 29.3 Å². The minimum atomic E-state index is -0.461. The number of pyridine rings is 1. The molecule has 0 bridgehead atoms. The van der Waals surface area contributed by atoms with E-state index in [0.29, 0.717) is 5.69 Å². The lowest BCUT2D eigenvalue weighted by Gasteiger charge is -2.21. The van der Waals surface area contributed by atoms with Crippen LogP contribution in [0.25, 0.3) is 0 Å². The van der Waals surface area contributed by atoms with Crippen LogP contribution in [0.1, 0.15) is 39.3 Å². The van der Waals surface area contributed by atoms with Crippen molar-refractivity contribution >= 4 is 11.8 Å². The van der Waals surface area contributed by atoms with Crippen LogP contribution in [0.3, 0.4) is 0 Å². The summed E-state index contributed by atoms with van der Waals surface area (Å²) in [5.41, 5.74) is 0.553. The van der Waals surface area contributed by atoms with Crippen LogP contribution < -0.4 is 5.56 Å². The maximum Gasteiger partial charge on any atom is 0.268 e. The molecule has 2 aliphatic rings. The first-order chi connectivity index (χ1) is 9.50. The summed E-state index contributed by atoms with van der Waals surface area (Å²) < 4.78 is 1.41. The summed E-state index contributed by atoms with van der Waals surface area (Å²) >= 11 is 0. The molecule has 6 nitrogen and oxygen atoms in total. The zero-order valence-corrected chi connectivity index (χ0v) is 11.7. The van der Waals surface area contributed by atoms with Crippen molar-refractivity contribution in [2.24, 2.45) is 7.05 Å². The van der Waals surface area contributed by atoms with Gasteiger partial charge in [0.15, 0.2) is 0 Å². The Bertz CT molecular complexity index is 656. The van der Waals surface area contributed by atoms with E-state index in [0.717, 1.165) is 25.9 Å². The van der Waals surface area contributed by atoms with Crippen LogP contribution in [0.5, 0.6) is 0 Å². The normalized spacial score (nSPS) is 19.0. The molecule has 0 atom stereocenters. The van der Waals surface area contributed by atoms with Crippen molar-refractivity contribution in [3.05, 3.63) is 33.2 Å². The van der Waals surface area contributed by atoms with Crippen LogP contribution in [0.15, 0.2) is 10.9 Å². The summed E-state index contributed by atoms with van der Waals surface area (Å²) in [5.74, 6) is -0.810. The van der Waals surface area contributed by atoms with Gasteiger partial charge in [-0.05, 0) is 38.9 Å². The Morgan fingerprint density at radius 3 is 2.40 bits per heavy atom. The second-order valence-electron chi connectivity index (χ2n) is 5.44. The molecular weight excluding hydrogens is 258 g/mol. The summed E-state index contributed by atoms with van der Waals surface area (Å²) in [6.07, 6.45) is 2.17. The van der Waals surface area contributed by atoms with Gasteiger partial charge >= 0.3 is 0 Å². The Labute approximate surface area is 116 Å². The molecule has 2 amide bonds.